The zero-order valence-corrected chi connectivity index (χ0v) is 15.6. The van der Waals surface area contributed by atoms with E-state index in [2.05, 4.69) is 17.6 Å². The van der Waals surface area contributed by atoms with Crippen LogP contribution in [0.15, 0.2) is 30.3 Å². The fraction of sp³-hybridized carbons (Fsp3) is 0.500. The van der Waals surface area contributed by atoms with Gasteiger partial charge < -0.3 is 20.8 Å². The molecule has 0 radical (unpaired) electrons. The number of aliphatic hydroxyl groups is 2. The second-order valence-corrected chi connectivity index (χ2v) is 6.50. The molecule has 0 aliphatic rings. The number of rotatable bonds is 10. The molecule has 1 aromatic carbocycles. The summed E-state index contributed by atoms with van der Waals surface area (Å²) >= 11 is 11.0. The number of unbranched alkanes of at least 4 members (excludes halogenated alkanes) is 3. The van der Waals surface area contributed by atoms with E-state index < -0.39 is 12.1 Å². The van der Waals surface area contributed by atoms with Gasteiger partial charge in [0.05, 0.1) is 18.8 Å². The lowest BCUT2D eigenvalue weighted by Crippen LogP contribution is -2.49. The van der Waals surface area contributed by atoms with Gasteiger partial charge in [-0.05, 0) is 36.3 Å². The topological polar surface area (TPSA) is 64.5 Å². The van der Waals surface area contributed by atoms with Crippen molar-refractivity contribution in [2.75, 3.05) is 13.2 Å². The van der Waals surface area contributed by atoms with Gasteiger partial charge in [-0.25, -0.2) is 0 Å². The van der Waals surface area contributed by atoms with Crippen molar-refractivity contribution in [2.24, 2.45) is 0 Å². The van der Waals surface area contributed by atoms with Gasteiger partial charge in [-0.1, -0.05) is 62.1 Å². The van der Waals surface area contributed by atoms with Gasteiger partial charge in [0.15, 0.2) is 5.11 Å². The van der Waals surface area contributed by atoms with Crippen LogP contribution < -0.4 is 10.6 Å². The first-order valence-corrected chi connectivity index (χ1v) is 9.12. The van der Waals surface area contributed by atoms with Crippen LogP contribution in [-0.2, 0) is 0 Å². The predicted octanol–water partition coefficient (Wildman–Crippen LogP) is 3.12. The Kier molecular flexibility index (Phi) is 10.7. The van der Waals surface area contributed by atoms with Gasteiger partial charge in [0.1, 0.15) is 0 Å². The molecule has 24 heavy (non-hydrogen) atoms. The molecule has 6 heteroatoms. The summed E-state index contributed by atoms with van der Waals surface area (Å²) in [6, 6.07) is 6.73. The smallest absolute Gasteiger partial charge is 0.166 e. The van der Waals surface area contributed by atoms with Crippen molar-refractivity contribution in [1.82, 2.24) is 10.6 Å². The molecule has 0 amide bonds. The normalized spacial score (nSPS) is 13.7. The number of hydrogen-bond donors (Lipinski definition) is 4. The van der Waals surface area contributed by atoms with Crippen LogP contribution in [0, 0.1) is 0 Å². The van der Waals surface area contributed by atoms with Crippen LogP contribution in [0.1, 0.15) is 38.2 Å². The predicted molar refractivity (Wildman–Crippen MR) is 105 cm³/mol. The maximum absolute atomic E-state index is 10.2. The SMILES string of the molecule is CCCCCCNC(=S)NC(CO)C(O)C=Cc1ccc(Cl)cc1. The molecule has 1 aromatic rings. The van der Waals surface area contributed by atoms with Crippen LogP contribution >= 0.6 is 23.8 Å². The van der Waals surface area contributed by atoms with E-state index in [0.29, 0.717) is 10.1 Å². The van der Waals surface area contributed by atoms with Crippen LogP contribution in [0.4, 0.5) is 0 Å². The molecule has 2 atom stereocenters. The van der Waals surface area contributed by atoms with Crippen LogP contribution in [0.2, 0.25) is 5.02 Å². The van der Waals surface area contributed by atoms with Gasteiger partial charge >= 0.3 is 0 Å². The van der Waals surface area contributed by atoms with Gasteiger partial charge in [-0.2, -0.15) is 0 Å². The first-order chi connectivity index (χ1) is 11.6. The van der Waals surface area contributed by atoms with E-state index in [4.69, 9.17) is 23.8 Å². The minimum Gasteiger partial charge on any atom is -0.394 e. The summed E-state index contributed by atoms with van der Waals surface area (Å²) in [5, 5.41) is 26.8. The molecule has 4 nitrogen and oxygen atoms in total. The Morgan fingerprint density at radius 1 is 1.25 bits per heavy atom. The molecule has 0 saturated carbocycles. The van der Waals surface area contributed by atoms with Crippen molar-refractivity contribution < 1.29 is 10.2 Å². The lowest BCUT2D eigenvalue weighted by atomic mass is 10.1. The van der Waals surface area contributed by atoms with Crippen molar-refractivity contribution in [3.63, 3.8) is 0 Å². The largest absolute Gasteiger partial charge is 0.394 e. The Morgan fingerprint density at radius 3 is 2.58 bits per heavy atom. The zero-order valence-electron chi connectivity index (χ0n) is 14.0. The first kappa shape index (κ1) is 20.9. The number of hydrogen-bond acceptors (Lipinski definition) is 3. The van der Waals surface area contributed by atoms with Gasteiger partial charge in [-0.3, -0.25) is 0 Å². The highest BCUT2D eigenvalue weighted by atomic mass is 35.5. The van der Waals surface area contributed by atoms with Gasteiger partial charge in [0, 0.05) is 11.6 Å². The molecule has 0 aliphatic heterocycles. The average Bonchev–Trinajstić information content (AvgIpc) is 2.58. The quantitative estimate of drug-likeness (QED) is 0.376. The van der Waals surface area contributed by atoms with Crippen molar-refractivity contribution >= 4 is 35.0 Å². The summed E-state index contributed by atoms with van der Waals surface area (Å²) in [5.41, 5.74) is 0.923. The third kappa shape index (κ3) is 8.64. The fourth-order valence-corrected chi connectivity index (χ4v) is 2.51. The molecule has 0 spiro atoms. The van der Waals surface area contributed by atoms with Crippen molar-refractivity contribution in [3.05, 3.63) is 40.9 Å². The highest BCUT2D eigenvalue weighted by Gasteiger charge is 2.16. The average molecular weight is 371 g/mol. The second kappa shape index (κ2) is 12.3. The van der Waals surface area contributed by atoms with Gasteiger partial charge in [0.2, 0.25) is 0 Å². The summed E-state index contributed by atoms with van der Waals surface area (Å²) in [4.78, 5) is 0. The zero-order chi connectivity index (χ0) is 17.8. The molecular formula is C18H27ClN2O2S. The van der Waals surface area contributed by atoms with Crippen LogP contribution in [0.5, 0.6) is 0 Å². The molecule has 4 N–H and O–H groups in total. The summed E-state index contributed by atoms with van der Waals surface area (Å²) < 4.78 is 0. The summed E-state index contributed by atoms with van der Waals surface area (Å²) in [6.07, 6.45) is 7.19. The number of thiocarbonyl (C=S) groups is 1. The van der Waals surface area contributed by atoms with Crippen molar-refractivity contribution in [1.29, 1.82) is 0 Å². The van der Waals surface area contributed by atoms with E-state index in [1.165, 1.54) is 19.3 Å². The summed E-state index contributed by atoms with van der Waals surface area (Å²) in [6.45, 7) is 2.74. The third-order valence-corrected chi connectivity index (χ3v) is 4.11. The Hall–Kier alpha value is -1.14. The van der Waals surface area contributed by atoms with Crippen molar-refractivity contribution in [2.45, 2.75) is 44.8 Å². The molecular weight excluding hydrogens is 344 g/mol. The minimum atomic E-state index is -0.856. The lowest BCUT2D eigenvalue weighted by molar-refractivity contribution is 0.134. The molecule has 0 fully saturated rings. The molecule has 1 rings (SSSR count). The maximum Gasteiger partial charge on any atom is 0.166 e. The highest BCUT2D eigenvalue weighted by molar-refractivity contribution is 7.80. The Bertz CT molecular complexity index is 508. The van der Waals surface area contributed by atoms with Crippen LogP contribution in [-0.4, -0.2) is 40.6 Å². The lowest BCUT2D eigenvalue weighted by Gasteiger charge is -2.22. The minimum absolute atomic E-state index is 0.218. The molecule has 0 heterocycles. The number of halogens is 1. The van der Waals surface area contributed by atoms with E-state index >= 15 is 0 Å². The van der Waals surface area contributed by atoms with E-state index in [0.717, 1.165) is 18.5 Å². The van der Waals surface area contributed by atoms with E-state index in [1.807, 2.05) is 12.1 Å². The molecule has 134 valence electrons. The summed E-state index contributed by atoms with van der Waals surface area (Å²) in [7, 11) is 0. The number of benzene rings is 1. The molecule has 0 bridgehead atoms. The van der Waals surface area contributed by atoms with Crippen LogP contribution in [0.3, 0.4) is 0 Å². The first-order valence-electron chi connectivity index (χ1n) is 8.34. The second-order valence-electron chi connectivity index (χ2n) is 5.65. The third-order valence-electron chi connectivity index (χ3n) is 3.60. The molecule has 0 aromatic heterocycles. The van der Waals surface area contributed by atoms with Crippen molar-refractivity contribution in [3.8, 4) is 0 Å². The highest BCUT2D eigenvalue weighted by Crippen LogP contribution is 2.11. The van der Waals surface area contributed by atoms with E-state index in [9.17, 15) is 10.2 Å². The van der Waals surface area contributed by atoms with Gasteiger partial charge in [-0.15, -0.1) is 0 Å². The summed E-state index contributed by atoms with van der Waals surface area (Å²) in [5.74, 6) is 0. The fourth-order valence-electron chi connectivity index (χ4n) is 2.13. The monoisotopic (exact) mass is 370 g/mol. The molecule has 2 unspecified atom stereocenters. The number of nitrogens with one attached hydrogen (secondary N) is 2. The Balaban J connectivity index is 2.40. The Labute approximate surface area is 154 Å². The van der Waals surface area contributed by atoms with Crippen LogP contribution in [0.25, 0.3) is 6.08 Å². The number of aliphatic hydroxyl groups excluding tert-OH is 2. The Morgan fingerprint density at radius 2 is 1.96 bits per heavy atom. The molecule has 0 saturated heterocycles. The molecule has 0 aliphatic carbocycles. The van der Waals surface area contributed by atoms with Gasteiger partial charge in [0.25, 0.3) is 0 Å². The van der Waals surface area contributed by atoms with E-state index in [-0.39, 0.29) is 6.61 Å². The van der Waals surface area contributed by atoms with E-state index in [1.54, 1.807) is 24.3 Å². The maximum atomic E-state index is 10.2. The standard InChI is InChI=1S/C18H27ClN2O2S/c1-2-3-4-5-12-20-18(24)21-16(13-22)17(23)11-8-14-6-9-15(19)10-7-14/h6-11,16-17,22-23H,2-5,12-13H2,1H3,(H2,20,21,24).